The number of benzene rings is 1. The highest BCUT2D eigenvalue weighted by Gasteiger charge is 2.27. The quantitative estimate of drug-likeness (QED) is 0.233. The molecule has 4 heterocycles. The van der Waals surface area contributed by atoms with E-state index in [9.17, 15) is 23.2 Å². The van der Waals surface area contributed by atoms with Crippen LogP contribution in [0.1, 0.15) is 46.1 Å². The molecule has 41 heavy (non-hydrogen) atoms. The van der Waals surface area contributed by atoms with Crippen molar-refractivity contribution in [2.45, 2.75) is 37.9 Å². The van der Waals surface area contributed by atoms with Gasteiger partial charge in [0.25, 0.3) is 11.5 Å². The first-order valence-electron chi connectivity index (χ1n) is 13.1. The minimum Gasteiger partial charge on any atom is -0.353 e. The highest BCUT2D eigenvalue weighted by Crippen LogP contribution is 2.36. The number of carbonyl (C=O) groups is 2. The summed E-state index contributed by atoms with van der Waals surface area (Å²) in [5, 5.41) is 6.80. The fraction of sp³-hybridized carbons (Fsp3) is 0.200. The number of nitrogens with one attached hydrogen (secondary N) is 3. The fourth-order valence-electron chi connectivity index (χ4n) is 4.67. The maximum Gasteiger partial charge on any atom is 0.263 e. The molecule has 6 rings (SSSR count). The van der Waals surface area contributed by atoms with Crippen molar-refractivity contribution in [3.63, 3.8) is 0 Å². The number of thiophene rings is 1. The summed E-state index contributed by atoms with van der Waals surface area (Å²) in [6, 6.07) is 13.4. The maximum atomic E-state index is 13.7. The van der Waals surface area contributed by atoms with Crippen LogP contribution in [0.15, 0.2) is 78.0 Å². The highest BCUT2D eigenvalue weighted by atomic mass is 32.1. The number of nitrogens with zero attached hydrogens (tertiary/aromatic N) is 2. The van der Waals surface area contributed by atoms with E-state index in [-0.39, 0.29) is 30.5 Å². The third-order valence-corrected chi connectivity index (χ3v) is 8.16. The van der Waals surface area contributed by atoms with Gasteiger partial charge in [0.15, 0.2) is 11.6 Å². The van der Waals surface area contributed by atoms with Gasteiger partial charge in [-0.25, -0.2) is 13.8 Å². The van der Waals surface area contributed by atoms with Crippen molar-refractivity contribution >= 4 is 34.2 Å². The number of rotatable bonds is 9. The van der Waals surface area contributed by atoms with Gasteiger partial charge in [0, 0.05) is 45.3 Å². The van der Waals surface area contributed by atoms with Gasteiger partial charge in [0.2, 0.25) is 5.91 Å². The molecule has 1 aliphatic carbocycles. The first-order valence-corrected chi connectivity index (χ1v) is 13.9. The molecule has 1 fully saturated rings. The number of pyridine rings is 2. The smallest absolute Gasteiger partial charge is 0.263 e. The topological polar surface area (TPSA) is 109 Å². The predicted molar refractivity (Wildman–Crippen MR) is 152 cm³/mol. The molecular weight excluding hydrogens is 548 g/mol. The van der Waals surface area contributed by atoms with Gasteiger partial charge in [-0.2, -0.15) is 0 Å². The van der Waals surface area contributed by atoms with Crippen LogP contribution in [0.3, 0.4) is 0 Å². The minimum absolute atomic E-state index is 0.00745. The zero-order valence-electron chi connectivity index (χ0n) is 21.7. The molecule has 3 N–H and O–H groups in total. The number of H-pyrrole nitrogens is 1. The lowest BCUT2D eigenvalue weighted by molar-refractivity contribution is -0.121. The lowest BCUT2D eigenvalue weighted by Crippen LogP contribution is -2.37. The molecule has 208 valence electrons. The molecule has 1 aliphatic rings. The molecule has 1 atom stereocenters. The van der Waals surface area contributed by atoms with E-state index in [4.69, 9.17) is 0 Å². The summed E-state index contributed by atoms with van der Waals surface area (Å²) in [7, 11) is 0. The summed E-state index contributed by atoms with van der Waals surface area (Å²) < 4.78 is 28.3. The minimum atomic E-state index is -1.02. The van der Waals surface area contributed by atoms with Gasteiger partial charge >= 0.3 is 0 Å². The SMILES string of the molecule is O=C(C[C@@H](NC(=O)c1cccn(Cc2ccc(F)c(F)c2)c1=O)c1ccc(-c2c[nH]c3ncccc23)s1)NC1CC1. The Bertz CT molecular complexity index is 1820. The summed E-state index contributed by atoms with van der Waals surface area (Å²) in [4.78, 5) is 48.6. The molecule has 8 nitrogen and oxygen atoms in total. The van der Waals surface area contributed by atoms with Gasteiger partial charge in [0.05, 0.1) is 19.0 Å². The third-order valence-electron chi connectivity index (χ3n) is 6.93. The van der Waals surface area contributed by atoms with E-state index in [1.807, 2.05) is 30.5 Å². The van der Waals surface area contributed by atoms with E-state index in [0.717, 1.165) is 51.3 Å². The molecule has 0 saturated heterocycles. The maximum absolute atomic E-state index is 13.7. The van der Waals surface area contributed by atoms with Crippen LogP contribution in [0.2, 0.25) is 0 Å². The Morgan fingerprint density at radius 2 is 1.95 bits per heavy atom. The van der Waals surface area contributed by atoms with Crippen molar-refractivity contribution in [3.05, 3.63) is 111 Å². The van der Waals surface area contributed by atoms with Gasteiger partial charge < -0.3 is 20.2 Å². The van der Waals surface area contributed by atoms with Crippen LogP contribution in [0, 0.1) is 11.6 Å². The number of amides is 2. The molecule has 0 aliphatic heterocycles. The van der Waals surface area contributed by atoms with Crippen LogP contribution in [0.25, 0.3) is 21.5 Å². The van der Waals surface area contributed by atoms with E-state index in [1.54, 1.807) is 12.3 Å². The Balaban J connectivity index is 1.26. The second-order valence-electron chi connectivity index (χ2n) is 9.98. The zero-order valence-corrected chi connectivity index (χ0v) is 22.5. The third kappa shape index (κ3) is 5.80. The van der Waals surface area contributed by atoms with Crippen LogP contribution in [-0.4, -0.2) is 32.4 Å². The zero-order chi connectivity index (χ0) is 28.5. The molecule has 2 amide bonds. The van der Waals surface area contributed by atoms with Crippen LogP contribution >= 0.6 is 11.3 Å². The molecule has 0 bridgehead atoms. The van der Waals surface area contributed by atoms with Crippen molar-refractivity contribution in [2.24, 2.45) is 0 Å². The monoisotopic (exact) mass is 573 g/mol. The largest absolute Gasteiger partial charge is 0.353 e. The predicted octanol–water partition coefficient (Wildman–Crippen LogP) is 4.92. The fourth-order valence-corrected chi connectivity index (χ4v) is 5.76. The number of aromatic amines is 1. The Morgan fingerprint density at radius 3 is 2.76 bits per heavy atom. The van der Waals surface area contributed by atoms with E-state index < -0.39 is 29.1 Å². The van der Waals surface area contributed by atoms with Crippen molar-refractivity contribution in [1.29, 1.82) is 0 Å². The van der Waals surface area contributed by atoms with E-state index in [1.165, 1.54) is 34.2 Å². The average Bonchev–Trinajstić information content (AvgIpc) is 3.45. The number of halogens is 2. The Morgan fingerprint density at radius 1 is 1.10 bits per heavy atom. The molecular formula is C30H25F2N5O3S. The Hall–Kier alpha value is -4.64. The number of hydrogen-bond donors (Lipinski definition) is 3. The van der Waals surface area contributed by atoms with Crippen LogP contribution < -0.4 is 16.2 Å². The number of aromatic nitrogens is 3. The van der Waals surface area contributed by atoms with Crippen LogP contribution in [0.4, 0.5) is 8.78 Å². The highest BCUT2D eigenvalue weighted by molar-refractivity contribution is 7.15. The summed E-state index contributed by atoms with van der Waals surface area (Å²) in [6.07, 6.45) is 6.93. The summed E-state index contributed by atoms with van der Waals surface area (Å²) in [5.74, 6) is -2.82. The number of hydrogen-bond acceptors (Lipinski definition) is 5. The molecule has 0 radical (unpaired) electrons. The van der Waals surface area contributed by atoms with E-state index in [0.29, 0.717) is 5.56 Å². The molecule has 1 aromatic carbocycles. The van der Waals surface area contributed by atoms with E-state index >= 15 is 0 Å². The normalized spacial score (nSPS) is 13.7. The van der Waals surface area contributed by atoms with Crippen molar-refractivity contribution in [1.82, 2.24) is 25.2 Å². The van der Waals surface area contributed by atoms with Gasteiger partial charge in [-0.05, 0) is 66.9 Å². The van der Waals surface area contributed by atoms with Crippen LogP contribution in [-0.2, 0) is 11.3 Å². The number of carbonyl (C=O) groups excluding carboxylic acids is 2. The molecule has 0 spiro atoms. The van der Waals surface area contributed by atoms with Gasteiger partial charge in [-0.1, -0.05) is 6.07 Å². The van der Waals surface area contributed by atoms with Crippen molar-refractivity contribution < 1.29 is 18.4 Å². The molecule has 0 unspecified atom stereocenters. The van der Waals surface area contributed by atoms with E-state index in [2.05, 4.69) is 20.6 Å². The molecule has 1 saturated carbocycles. The second kappa shape index (κ2) is 11.1. The Kier molecular flexibility index (Phi) is 7.19. The van der Waals surface area contributed by atoms with Gasteiger partial charge in [-0.15, -0.1) is 11.3 Å². The second-order valence-corrected chi connectivity index (χ2v) is 11.1. The average molecular weight is 574 g/mol. The molecule has 11 heteroatoms. The Labute approximate surface area is 237 Å². The number of fused-ring (bicyclic) bond motifs is 1. The summed E-state index contributed by atoms with van der Waals surface area (Å²) in [6.45, 7) is -0.0435. The first kappa shape index (κ1) is 26.6. The van der Waals surface area contributed by atoms with Gasteiger partial charge in [0.1, 0.15) is 11.2 Å². The summed E-state index contributed by atoms with van der Waals surface area (Å²) >= 11 is 1.45. The molecule has 4 aromatic heterocycles. The van der Waals surface area contributed by atoms with Crippen LogP contribution in [0.5, 0.6) is 0 Å². The standard InChI is InChI=1S/C30H25F2N5O3S/c31-22-8-5-17(13-23(22)32)16-37-12-2-4-20(30(37)40)29(39)36-24(14-27(38)35-18-6-7-18)26-10-9-25(41-26)21-15-34-28-19(21)3-1-11-33-28/h1-5,8-13,15,18,24H,6-7,14,16H2,(H,33,34)(H,35,38)(H,36,39)/t24-/m1/s1. The summed E-state index contributed by atoms with van der Waals surface area (Å²) in [5.41, 5.74) is 1.38. The molecule has 5 aromatic rings. The van der Waals surface area contributed by atoms with Crippen molar-refractivity contribution in [2.75, 3.05) is 0 Å². The lowest BCUT2D eigenvalue weighted by Gasteiger charge is -2.18. The lowest BCUT2D eigenvalue weighted by atomic mass is 10.1. The first-order chi connectivity index (χ1) is 19.9. The van der Waals surface area contributed by atoms with Gasteiger partial charge in [-0.3, -0.25) is 14.4 Å². The van der Waals surface area contributed by atoms with Crippen molar-refractivity contribution in [3.8, 4) is 10.4 Å².